The van der Waals surface area contributed by atoms with Gasteiger partial charge in [-0.3, -0.25) is 0 Å². The second-order valence-electron chi connectivity index (χ2n) is 2.54. The normalized spacial score (nSPS) is 10.7. The van der Waals surface area contributed by atoms with Crippen LogP contribution in [0.4, 0.5) is 0 Å². The van der Waals surface area contributed by atoms with Gasteiger partial charge >= 0.3 is 0 Å². The van der Waals surface area contributed by atoms with E-state index in [0.29, 0.717) is 0 Å². The summed E-state index contributed by atoms with van der Waals surface area (Å²) in [7, 11) is 0. The van der Waals surface area contributed by atoms with Crippen LogP contribution >= 0.6 is 33.9 Å². The highest BCUT2D eigenvalue weighted by Crippen LogP contribution is 2.28. The molecule has 0 N–H and O–H groups in total. The molecule has 56 valence electrons. The van der Waals surface area contributed by atoms with Crippen molar-refractivity contribution in [3.05, 3.63) is 32.7 Å². The lowest BCUT2D eigenvalue weighted by Gasteiger charge is -1.92. The van der Waals surface area contributed by atoms with E-state index < -0.39 is 0 Å². The van der Waals surface area contributed by atoms with E-state index in [9.17, 15) is 0 Å². The van der Waals surface area contributed by atoms with E-state index in [1.807, 2.05) is 11.3 Å². The van der Waals surface area contributed by atoms with Gasteiger partial charge in [0.2, 0.25) is 0 Å². The van der Waals surface area contributed by atoms with Gasteiger partial charge in [-0.15, -0.1) is 11.3 Å². The number of thiophene rings is 1. The molecular weight excluding hydrogens is 267 g/mol. The molecule has 2 aromatic rings. The molecule has 2 heteroatoms. The average Bonchev–Trinajstić information content (AvgIpc) is 2.35. The van der Waals surface area contributed by atoms with Crippen molar-refractivity contribution in [2.24, 2.45) is 0 Å². The highest BCUT2D eigenvalue weighted by molar-refractivity contribution is 14.1. The molecule has 2 rings (SSSR count). The van der Waals surface area contributed by atoms with E-state index in [-0.39, 0.29) is 0 Å². The van der Waals surface area contributed by atoms with Gasteiger partial charge < -0.3 is 0 Å². The van der Waals surface area contributed by atoms with Crippen LogP contribution in [0.3, 0.4) is 0 Å². The van der Waals surface area contributed by atoms with Crippen LogP contribution in [0.15, 0.2) is 23.6 Å². The molecule has 0 saturated carbocycles. The fourth-order valence-electron chi connectivity index (χ4n) is 1.15. The topological polar surface area (TPSA) is 0 Å². The number of fused-ring (bicyclic) bond motifs is 1. The van der Waals surface area contributed by atoms with Crippen LogP contribution in [0.1, 0.15) is 5.56 Å². The van der Waals surface area contributed by atoms with Gasteiger partial charge in [0.05, 0.1) is 0 Å². The zero-order chi connectivity index (χ0) is 7.84. The molecule has 1 heterocycles. The largest absolute Gasteiger partial charge is 0.142 e. The van der Waals surface area contributed by atoms with Gasteiger partial charge in [0.25, 0.3) is 0 Å². The van der Waals surface area contributed by atoms with E-state index in [0.717, 1.165) is 0 Å². The van der Waals surface area contributed by atoms with Crippen LogP contribution in [0.5, 0.6) is 0 Å². The predicted molar refractivity (Wildman–Crippen MR) is 59.3 cm³/mol. The van der Waals surface area contributed by atoms with Crippen molar-refractivity contribution in [3.63, 3.8) is 0 Å². The highest BCUT2D eigenvalue weighted by Gasteiger charge is 2.01. The summed E-state index contributed by atoms with van der Waals surface area (Å²) in [6, 6.07) is 6.45. The SMILES string of the molecule is Cc1csc2c(I)cccc12. The van der Waals surface area contributed by atoms with Gasteiger partial charge in [0.1, 0.15) is 0 Å². The molecule has 0 unspecified atom stereocenters. The lowest BCUT2D eigenvalue weighted by Crippen LogP contribution is -1.70. The molecule has 11 heavy (non-hydrogen) atoms. The maximum Gasteiger partial charge on any atom is 0.0478 e. The minimum Gasteiger partial charge on any atom is -0.142 e. The van der Waals surface area contributed by atoms with Crippen molar-refractivity contribution in [3.8, 4) is 0 Å². The Hall–Kier alpha value is -0.0900. The molecule has 0 aliphatic carbocycles. The number of rotatable bonds is 0. The van der Waals surface area contributed by atoms with E-state index in [1.165, 1.54) is 19.2 Å². The standard InChI is InChI=1S/C9H7IS/c1-6-5-11-9-7(6)3-2-4-8(9)10/h2-5H,1H3. The van der Waals surface area contributed by atoms with Gasteiger partial charge in [-0.25, -0.2) is 0 Å². The van der Waals surface area contributed by atoms with Gasteiger partial charge in [0, 0.05) is 8.27 Å². The second kappa shape index (κ2) is 2.75. The summed E-state index contributed by atoms with van der Waals surface area (Å²) in [5, 5.41) is 3.62. The summed E-state index contributed by atoms with van der Waals surface area (Å²) in [6.45, 7) is 2.16. The van der Waals surface area contributed by atoms with Crippen molar-refractivity contribution in [2.75, 3.05) is 0 Å². The van der Waals surface area contributed by atoms with Crippen molar-refractivity contribution in [1.29, 1.82) is 0 Å². The first kappa shape index (κ1) is 7.55. The van der Waals surface area contributed by atoms with E-state index in [2.05, 4.69) is 53.1 Å². The quantitative estimate of drug-likeness (QED) is 0.641. The lowest BCUT2D eigenvalue weighted by molar-refractivity contribution is 1.59. The summed E-state index contributed by atoms with van der Waals surface area (Å²) in [6.07, 6.45) is 0. The van der Waals surface area contributed by atoms with Gasteiger partial charge in [-0.2, -0.15) is 0 Å². The summed E-state index contributed by atoms with van der Waals surface area (Å²) in [5.41, 5.74) is 1.39. The third-order valence-electron chi connectivity index (χ3n) is 1.75. The van der Waals surface area contributed by atoms with Crippen LogP contribution in [0.25, 0.3) is 10.1 Å². The molecule has 0 aliphatic rings. The Balaban J connectivity index is 2.94. The van der Waals surface area contributed by atoms with Crippen LogP contribution in [0, 0.1) is 10.5 Å². The molecule has 1 aromatic heterocycles. The number of benzene rings is 1. The van der Waals surface area contributed by atoms with Gasteiger partial charge in [-0.05, 0) is 51.9 Å². The Morgan fingerprint density at radius 3 is 2.91 bits per heavy atom. The third-order valence-corrected chi connectivity index (χ3v) is 4.16. The first-order valence-corrected chi connectivity index (χ1v) is 5.37. The molecule has 0 spiro atoms. The van der Waals surface area contributed by atoms with Crippen LogP contribution in [-0.4, -0.2) is 0 Å². The molecule has 0 fully saturated rings. The Morgan fingerprint density at radius 1 is 1.36 bits per heavy atom. The van der Waals surface area contributed by atoms with E-state index >= 15 is 0 Å². The maximum absolute atomic E-state index is 2.38. The van der Waals surface area contributed by atoms with Crippen molar-refractivity contribution < 1.29 is 0 Å². The number of hydrogen-bond acceptors (Lipinski definition) is 1. The molecule has 0 atom stereocenters. The molecule has 0 aliphatic heterocycles. The zero-order valence-corrected chi connectivity index (χ0v) is 9.07. The molecule has 0 radical (unpaired) electrons. The third kappa shape index (κ3) is 1.18. The summed E-state index contributed by atoms with van der Waals surface area (Å²) in [5.74, 6) is 0. The van der Waals surface area contributed by atoms with Gasteiger partial charge in [0.15, 0.2) is 0 Å². The predicted octanol–water partition coefficient (Wildman–Crippen LogP) is 3.81. The van der Waals surface area contributed by atoms with Gasteiger partial charge in [-0.1, -0.05) is 12.1 Å². The summed E-state index contributed by atoms with van der Waals surface area (Å²) < 4.78 is 2.78. The Kier molecular flexibility index (Phi) is 1.89. The highest BCUT2D eigenvalue weighted by atomic mass is 127. The van der Waals surface area contributed by atoms with Crippen molar-refractivity contribution in [2.45, 2.75) is 6.92 Å². The first-order valence-electron chi connectivity index (χ1n) is 3.41. The monoisotopic (exact) mass is 274 g/mol. The molecule has 0 nitrogen and oxygen atoms in total. The average molecular weight is 274 g/mol. The maximum atomic E-state index is 2.38. The Bertz CT molecular complexity index is 389. The first-order chi connectivity index (χ1) is 5.29. The molecule has 0 bridgehead atoms. The molecular formula is C9H7IS. The number of halogens is 1. The number of aryl methyl sites for hydroxylation is 1. The molecule has 0 amide bonds. The Labute approximate surface area is 83.4 Å². The fourth-order valence-corrected chi connectivity index (χ4v) is 2.99. The van der Waals surface area contributed by atoms with Crippen molar-refractivity contribution in [1.82, 2.24) is 0 Å². The summed E-state index contributed by atoms with van der Waals surface area (Å²) >= 11 is 4.21. The van der Waals surface area contributed by atoms with Crippen LogP contribution < -0.4 is 0 Å². The van der Waals surface area contributed by atoms with E-state index in [1.54, 1.807) is 0 Å². The van der Waals surface area contributed by atoms with Crippen LogP contribution in [-0.2, 0) is 0 Å². The van der Waals surface area contributed by atoms with Crippen LogP contribution in [0.2, 0.25) is 0 Å². The van der Waals surface area contributed by atoms with E-state index in [4.69, 9.17) is 0 Å². The molecule has 0 saturated heterocycles. The number of hydrogen-bond donors (Lipinski definition) is 0. The molecule has 1 aromatic carbocycles. The minimum atomic E-state index is 1.36. The van der Waals surface area contributed by atoms with Crippen molar-refractivity contribution >= 4 is 44.0 Å². The smallest absolute Gasteiger partial charge is 0.0478 e. The lowest BCUT2D eigenvalue weighted by atomic mass is 10.2. The Morgan fingerprint density at radius 2 is 2.18 bits per heavy atom. The minimum absolute atomic E-state index is 1.36. The second-order valence-corrected chi connectivity index (χ2v) is 4.58. The zero-order valence-electron chi connectivity index (χ0n) is 6.10. The summed E-state index contributed by atoms with van der Waals surface area (Å²) in [4.78, 5) is 0. The fraction of sp³-hybridized carbons (Fsp3) is 0.111.